The zero-order chi connectivity index (χ0) is 20.8. The van der Waals surface area contributed by atoms with Gasteiger partial charge in [-0.25, -0.2) is 0 Å². The van der Waals surface area contributed by atoms with Crippen molar-refractivity contribution in [2.24, 2.45) is 0 Å². The van der Waals surface area contributed by atoms with E-state index in [1.807, 2.05) is 50.2 Å². The molecule has 0 aromatic heterocycles. The molecule has 0 radical (unpaired) electrons. The van der Waals surface area contributed by atoms with Crippen LogP contribution in [0.25, 0.3) is 0 Å². The molecule has 5 heteroatoms. The predicted octanol–water partition coefficient (Wildman–Crippen LogP) is 4.67. The molecule has 1 aliphatic carbocycles. The summed E-state index contributed by atoms with van der Waals surface area (Å²) in [5.41, 5.74) is 2.92. The van der Waals surface area contributed by atoms with E-state index in [0.29, 0.717) is 11.6 Å². The van der Waals surface area contributed by atoms with Gasteiger partial charge in [-0.1, -0.05) is 72.5 Å². The molecule has 1 saturated carbocycles. The van der Waals surface area contributed by atoms with E-state index >= 15 is 0 Å². The fraction of sp³-hybridized carbons (Fsp3) is 0.417. The smallest absolute Gasteiger partial charge is 0.242 e. The lowest BCUT2D eigenvalue weighted by Gasteiger charge is -2.30. The molecule has 4 nitrogen and oxygen atoms in total. The van der Waals surface area contributed by atoms with Gasteiger partial charge in [0.15, 0.2) is 0 Å². The van der Waals surface area contributed by atoms with Gasteiger partial charge in [-0.2, -0.15) is 0 Å². The lowest BCUT2D eigenvalue weighted by Crippen LogP contribution is -2.50. The highest BCUT2D eigenvalue weighted by Gasteiger charge is 2.28. The van der Waals surface area contributed by atoms with Crippen LogP contribution in [-0.4, -0.2) is 28.8 Å². The summed E-state index contributed by atoms with van der Waals surface area (Å²) in [6.45, 7) is 4.23. The maximum atomic E-state index is 13.2. The molecule has 2 aromatic rings. The molecule has 0 saturated heterocycles. The second-order valence-corrected chi connectivity index (χ2v) is 8.35. The van der Waals surface area contributed by atoms with Crippen molar-refractivity contribution in [3.63, 3.8) is 0 Å². The first-order valence-electron chi connectivity index (χ1n) is 10.3. The van der Waals surface area contributed by atoms with Crippen LogP contribution in [0, 0.1) is 6.92 Å². The number of rotatable bonds is 7. The van der Waals surface area contributed by atoms with Crippen LogP contribution in [0.1, 0.15) is 49.3 Å². The summed E-state index contributed by atoms with van der Waals surface area (Å²) in [5.74, 6) is -0.189. The van der Waals surface area contributed by atoms with Crippen LogP contribution in [-0.2, 0) is 22.6 Å². The average Bonchev–Trinajstić information content (AvgIpc) is 3.20. The van der Waals surface area contributed by atoms with Crippen LogP contribution < -0.4 is 5.32 Å². The van der Waals surface area contributed by atoms with Crippen LogP contribution in [0.4, 0.5) is 0 Å². The van der Waals surface area contributed by atoms with Gasteiger partial charge in [0.05, 0.1) is 6.42 Å². The largest absolute Gasteiger partial charge is 0.352 e. The number of carbonyl (C=O) groups is 2. The van der Waals surface area contributed by atoms with Crippen LogP contribution in [0.3, 0.4) is 0 Å². The van der Waals surface area contributed by atoms with Crippen molar-refractivity contribution in [3.8, 4) is 0 Å². The van der Waals surface area contributed by atoms with Crippen molar-refractivity contribution < 1.29 is 9.59 Å². The highest BCUT2D eigenvalue weighted by atomic mass is 35.5. The molecular weight excluding hydrogens is 384 g/mol. The molecule has 0 unspecified atom stereocenters. The Kier molecular flexibility index (Phi) is 7.32. The zero-order valence-corrected chi connectivity index (χ0v) is 17.9. The number of nitrogens with one attached hydrogen (secondary N) is 1. The van der Waals surface area contributed by atoms with Gasteiger partial charge in [0.1, 0.15) is 6.04 Å². The standard InChI is InChI=1S/C24H29ClN2O2/c1-17-8-7-9-19(14-17)16-27(18(2)24(29)26-21-11-4-5-12-21)23(28)15-20-10-3-6-13-22(20)25/h3,6-10,13-14,18,21H,4-5,11-12,15-16H2,1-2H3,(H,26,29)/t18-/m1/s1. The Hall–Kier alpha value is -2.33. The van der Waals surface area contributed by atoms with E-state index in [9.17, 15) is 9.59 Å². The Labute approximate surface area is 178 Å². The molecule has 154 valence electrons. The number of benzene rings is 2. The monoisotopic (exact) mass is 412 g/mol. The van der Waals surface area contributed by atoms with E-state index in [1.54, 1.807) is 11.0 Å². The SMILES string of the molecule is Cc1cccc(CN(C(=O)Cc2ccccc2Cl)[C@H](C)C(=O)NC2CCCC2)c1. The van der Waals surface area contributed by atoms with E-state index in [-0.39, 0.29) is 24.3 Å². The first-order valence-corrected chi connectivity index (χ1v) is 10.7. The van der Waals surface area contributed by atoms with E-state index in [4.69, 9.17) is 11.6 Å². The van der Waals surface area contributed by atoms with Gasteiger partial charge >= 0.3 is 0 Å². The lowest BCUT2D eigenvalue weighted by atomic mass is 10.1. The van der Waals surface area contributed by atoms with Gasteiger partial charge in [0.2, 0.25) is 11.8 Å². The molecule has 3 rings (SSSR count). The molecule has 0 bridgehead atoms. The molecular formula is C24H29ClN2O2. The number of nitrogens with zero attached hydrogens (tertiary/aromatic N) is 1. The van der Waals surface area contributed by atoms with Crippen molar-refractivity contribution in [3.05, 3.63) is 70.2 Å². The molecule has 1 N–H and O–H groups in total. The summed E-state index contributed by atoms with van der Waals surface area (Å²) >= 11 is 6.26. The molecule has 0 spiro atoms. The second-order valence-electron chi connectivity index (χ2n) is 7.94. The Morgan fingerprint density at radius 3 is 2.55 bits per heavy atom. The minimum atomic E-state index is -0.550. The summed E-state index contributed by atoms with van der Waals surface area (Å²) in [6.07, 6.45) is 4.51. The first-order chi connectivity index (χ1) is 13.9. The highest BCUT2D eigenvalue weighted by molar-refractivity contribution is 6.31. The number of amides is 2. The molecule has 1 atom stereocenters. The number of aryl methyl sites for hydroxylation is 1. The van der Waals surface area contributed by atoms with Crippen LogP contribution >= 0.6 is 11.6 Å². The highest BCUT2D eigenvalue weighted by Crippen LogP contribution is 2.20. The number of hydrogen-bond acceptors (Lipinski definition) is 2. The molecule has 1 aliphatic rings. The van der Waals surface area contributed by atoms with Crippen molar-refractivity contribution in [1.29, 1.82) is 0 Å². The summed E-state index contributed by atoms with van der Waals surface area (Å²) in [4.78, 5) is 27.8. The Morgan fingerprint density at radius 2 is 1.86 bits per heavy atom. The van der Waals surface area contributed by atoms with E-state index in [1.165, 1.54) is 0 Å². The zero-order valence-electron chi connectivity index (χ0n) is 17.2. The first kappa shape index (κ1) is 21.4. The topological polar surface area (TPSA) is 49.4 Å². The third kappa shape index (κ3) is 5.83. The molecule has 2 aromatic carbocycles. The van der Waals surface area contributed by atoms with Crippen LogP contribution in [0.2, 0.25) is 5.02 Å². The minimum absolute atomic E-state index is 0.0861. The maximum Gasteiger partial charge on any atom is 0.242 e. The maximum absolute atomic E-state index is 13.2. The Morgan fingerprint density at radius 1 is 1.14 bits per heavy atom. The number of halogens is 1. The normalized spacial score (nSPS) is 15.1. The third-order valence-corrected chi connectivity index (χ3v) is 5.97. The number of carbonyl (C=O) groups excluding carboxylic acids is 2. The number of hydrogen-bond donors (Lipinski definition) is 1. The van der Waals surface area contributed by atoms with Crippen molar-refractivity contribution in [2.45, 2.75) is 64.6 Å². The second kappa shape index (κ2) is 9.93. The Balaban J connectivity index is 1.78. The molecule has 0 heterocycles. The summed E-state index contributed by atoms with van der Waals surface area (Å²) in [7, 11) is 0. The fourth-order valence-electron chi connectivity index (χ4n) is 3.89. The Bertz CT molecular complexity index is 861. The van der Waals surface area contributed by atoms with Crippen molar-refractivity contribution in [1.82, 2.24) is 10.2 Å². The van der Waals surface area contributed by atoms with E-state index < -0.39 is 6.04 Å². The minimum Gasteiger partial charge on any atom is -0.352 e. The third-order valence-electron chi connectivity index (χ3n) is 5.60. The lowest BCUT2D eigenvalue weighted by molar-refractivity contribution is -0.140. The summed E-state index contributed by atoms with van der Waals surface area (Å²) < 4.78 is 0. The molecule has 0 aliphatic heterocycles. The van der Waals surface area contributed by atoms with Crippen LogP contribution in [0.15, 0.2) is 48.5 Å². The van der Waals surface area contributed by atoms with Crippen LogP contribution in [0.5, 0.6) is 0 Å². The molecule has 29 heavy (non-hydrogen) atoms. The summed E-state index contributed by atoms with van der Waals surface area (Å²) in [6, 6.07) is 15.1. The average molecular weight is 413 g/mol. The molecule has 1 fully saturated rings. The van der Waals surface area contributed by atoms with Crippen molar-refractivity contribution in [2.75, 3.05) is 0 Å². The van der Waals surface area contributed by atoms with Gasteiger partial charge in [-0.15, -0.1) is 0 Å². The van der Waals surface area contributed by atoms with Gasteiger partial charge in [0, 0.05) is 17.6 Å². The van der Waals surface area contributed by atoms with Gasteiger partial charge < -0.3 is 10.2 Å². The van der Waals surface area contributed by atoms with E-state index in [0.717, 1.165) is 42.4 Å². The van der Waals surface area contributed by atoms with Gasteiger partial charge in [-0.05, 0) is 43.9 Å². The van der Waals surface area contributed by atoms with E-state index in [2.05, 4.69) is 11.4 Å². The fourth-order valence-corrected chi connectivity index (χ4v) is 4.09. The van der Waals surface area contributed by atoms with Gasteiger partial charge in [0.25, 0.3) is 0 Å². The summed E-state index contributed by atoms with van der Waals surface area (Å²) in [5, 5.41) is 3.70. The quantitative estimate of drug-likeness (QED) is 0.718. The van der Waals surface area contributed by atoms with Gasteiger partial charge in [-0.3, -0.25) is 9.59 Å². The molecule has 2 amide bonds. The predicted molar refractivity (Wildman–Crippen MR) is 117 cm³/mol. The van der Waals surface area contributed by atoms with Crippen molar-refractivity contribution >= 4 is 23.4 Å².